The summed E-state index contributed by atoms with van der Waals surface area (Å²) in [6, 6.07) is 8.58. The van der Waals surface area contributed by atoms with Crippen molar-refractivity contribution >= 4 is 11.7 Å². The Bertz CT molecular complexity index is 542. The molecule has 6 nitrogen and oxygen atoms in total. The molecule has 6 heteroatoms. The zero-order valence-electron chi connectivity index (χ0n) is 15.7. The fourth-order valence-electron chi connectivity index (χ4n) is 3.02. The van der Waals surface area contributed by atoms with E-state index in [0.29, 0.717) is 0 Å². The topological polar surface area (TPSA) is 67.8 Å². The number of anilines is 1. The van der Waals surface area contributed by atoms with E-state index in [0.717, 1.165) is 39.1 Å². The van der Waals surface area contributed by atoms with Crippen LogP contribution in [0.1, 0.15) is 25.8 Å². The van der Waals surface area contributed by atoms with Crippen LogP contribution in [-0.2, 0) is 0 Å². The van der Waals surface area contributed by atoms with E-state index in [4.69, 9.17) is 0 Å². The number of nitrogens with zero attached hydrogens (tertiary/aromatic N) is 2. The van der Waals surface area contributed by atoms with Gasteiger partial charge in [-0.05, 0) is 44.9 Å². The third kappa shape index (κ3) is 6.92. The van der Waals surface area contributed by atoms with Gasteiger partial charge in [0.25, 0.3) is 0 Å². The van der Waals surface area contributed by atoms with E-state index in [1.54, 1.807) is 6.92 Å². The Morgan fingerprint density at radius 1 is 1.24 bits per heavy atom. The van der Waals surface area contributed by atoms with Crippen molar-refractivity contribution in [1.82, 2.24) is 15.5 Å². The first-order chi connectivity index (χ1) is 11.9. The zero-order valence-corrected chi connectivity index (χ0v) is 15.7. The largest absolute Gasteiger partial charge is 0.392 e. The molecule has 1 aliphatic heterocycles. The Labute approximate surface area is 151 Å². The van der Waals surface area contributed by atoms with Gasteiger partial charge in [-0.3, -0.25) is 4.90 Å². The molecule has 0 aromatic heterocycles. The molecule has 0 radical (unpaired) electrons. The predicted octanol–water partition coefficient (Wildman–Crippen LogP) is 1.58. The fourth-order valence-corrected chi connectivity index (χ4v) is 3.02. The predicted molar refractivity (Wildman–Crippen MR) is 102 cm³/mol. The standard InChI is InChI=1S/C19H32N4O2/c1-15-5-4-6-18(13-15)23-11-9-22(10-12-23)8-7-16(2)21-19(25)20-14-17(3)24/h4-6,13,16-17,24H,7-12,14H2,1-3H3,(H2,20,21,25)/t16?,17-/m1/s1. The third-order valence-corrected chi connectivity index (χ3v) is 4.55. The maximum Gasteiger partial charge on any atom is 0.315 e. The summed E-state index contributed by atoms with van der Waals surface area (Å²) < 4.78 is 0. The highest BCUT2D eigenvalue weighted by Crippen LogP contribution is 2.17. The van der Waals surface area contributed by atoms with Crippen LogP contribution in [0.25, 0.3) is 0 Å². The Morgan fingerprint density at radius 3 is 2.60 bits per heavy atom. The van der Waals surface area contributed by atoms with Crippen LogP contribution in [0, 0.1) is 6.92 Å². The molecule has 3 N–H and O–H groups in total. The number of piperazine rings is 1. The van der Waals surface area contributed by atoms with Crippen molar-refractivity contribution < 1.29 is 9.90 Å². The van der Waals surface area contributed by atoms with Crippen LogP contribution < -0.4 is 15.5 Å². The smallest absolute Gasteiger partial charge is 0.315 e. The van der Waals surface area contributed by atoms with Gasteiger partial charge < -0.3 is 20.6 Å². The number of carbonyl (C=O) groups excluding carboxylic acids is 1. The van der Waals surface area contributed by atoms with Crippen LogP contribution >= 0.6 is 0 Å². The minimum absolute atomic E-state index is 0.115. The number of urea groups is 1. The number of rotatable bonds is 7. The van der Waals surface area contributed by atoms with Gasteiger partial charge in [0.2, 0.25) is 0 Å². The number of aryl methyl sites for hydroxylation is 1. The Kier molecular flexibility index (Phi) is 7.52. The molecule has 1 aromatic carbocycles. The molecule has 25 heavy (non-hydrogen) atoms. The highest BCUT2D eigenvalue weighted by molar-refractivity contribution is 5.74. The van der Waals surface area contributed by atoms with E-state index in [-0.39, 0.29) is 18.6 Å². The van der Waals surface area contributed by atoms with Gasteiger partial charge in [-0.25, -0.2) is 4.79 Å². The quantitative estimate of drug-likeness (QED) is 0.700. The zero-order chi connectivity index (χ0) is 18.2. The first kappa shape index (κ1) is 19.5. The molecular formula is C19H32N4O2. The lowest BCUT2D eigenvalue weighted by atomic mass is 10.1. The normalized spacial score (nSPS) is 17.8. The van der Waals surface area contributed by atoms with Gasteiger partial charge in [0.15, 0.2) is 0 Å². The molecule has 0 saturated carbocycles. The van der Waals surface area contributed by atoms with Crippen LogP contribution in [-0.4, -0.2) is 67.5 Å². The summed E-state index contributed by atoms with van der Waals surface area (Å²) in [4.78, 5) is 16.6. The van der Waals surface area contributed by atoms with Crippen molar-refractivity contribution in [2.24, 2.45) is 0 Å². The maximum absolute atomic E-state index is 11.7. The summed E-state index contributed by atoms with van der Waals surface area (Å²) in [6.45, 7) is 11.2. The fraction of sp³-hybridized carbons (Fsp3) is 0.632. The van der Waals surface area contributed by atoms with Crippen molar-refractivity contribution in [1.29, 1.82) is 0 Å². The van der Waals surface area contributed by atoms with Gasteiger partial charge in [0, 0.05) is 51.0 Å². The average molecular weight is 348 g/mol. The molecule has 0 aliphatic carbocycles. The van der Waals surface area contributed by atoms with Gasteiger partial charge in [0.1, 0.15) is 0 Å². The van der Waals surface area contributed by atoms with Crippen LogP contribution in [0.3, 0.4) is 0 Å². The summed E-state index contributed by atoms with van der Waals surface area (Å²) >= 11 is 0. The summed E-state index contributed by atoms with van der Waals surface area (Å²) in [7, 11) is 0. The molecular weight excluding hydrogens is 316 g/mol. The minimum Gasteiger partial charge on any atom is -0.392 e. The van der Waals surface area contributed by atoms with Gasteiger partial charge in [0.05, 0.1) is 6.10 Å². The third-order valence-electron chi connectivity index (χ3n) is 4.55. The summed E-state index contributed by atoms with van der Waals surface area (Å²) in [5.74, 6) is 0. The molecule has 1 heterocycles. The van der Waals surface area contributed by atoms with E-state index in [9.17, 15) is 9.90 Å². The van der Waals surface area contributed by atoms with Gasteiger partial charge in [-0.15, -0.1) is 0 Å². The van der Waals surface area contributed by atoms with Crippen LogP contribution in [0.2, 0.25) is 0 Å². The number of aliphatic hydroxyl groups excluding tert-OH is 1. The molecule has 2 rings (SSSR count). The first-order valence-corrected chi connectivity index (χ1v) is 9.20. The molecule has 1 aliphatic rings. The van der Waals surface area contributed by atoms with Crippen molar-refractivity contribution in [3.63, 3.8) is 0 Å². The second kappa shape index (κ2) is 9.63. The molecule has 1 unspecified atom stereocenters. The number of amides is 2. The number of benzene rings is 1. The summed E-state index contributed by atoms with van der Waals surface area (Å²) in [6.07, 6.45) is 0.401. The molecule has 1 aromatic rings. The van der Waals surface area contributed by atoms with Crippen LogP contribution in [0.15, 0.2) is 24.3 Å². The average Bonchev–Trinajstić information content (AvgIpc) is 2.58. The van der Waals surface area contributed by atoms with Crippen molar-refractivity contribution in [3.05, 3.63) is 29.8 Å². The molecule has 2 amide bonds. The van der Waals surface area contributed by atoms with Gasteiger partial charge >= 0.3 is 6.03 Å². The van der Waals surface area contributed by atoms with Crippen molar-refractivity contribution in [2.75, 3.05) is 44.2 Å². The van der Waals surface area contributed by atoms with E-state index >= 15 is 0 Å². The van der Waals surface area contributed by atoms with E-state index in [2.05, 4.69) is 51.6 Å². The lowest BCUT2D eigenvalue weighted by Gasteiger charge is -2.36. The lowest BCUT2D eigenvalue weighted by molar-refractivity contribution is 0.186. The first-order valence-electron chi connectivity index (χ1n) is 9.20. The molecule has 2 atom stereocenters. The van der Waals surface area contributed by atoms with Gasteiger partial charge in [-0.2, -0.15) is 0 Å². The van der Waals surface area contributed by atoms with E-state index < -0.39 is 6.10 Å². The number of hydrogen-bond donors (Lipinski definition) is 3. The highest BCUT2D eigenvalue weighted by atomic mass is 16.3. The molecule has 0 spiro atoms. The van der Waals surface area contributed by atoms with Crippen LogP contribution in [0.4, 0.5) is 10.5 Å². The maximum atomic E-state index is 11.7. The van der Waals surface area contributed by atoms with E-state index in [1.807, 2.05) is 6.92 Å². The summed E-state index contributed by atoms with van der Waals surface area (Å²) in [5.41, 5.74) is 2.61. The molecule has 1 saturated heterocycles. The Hall–Kier alpha value is -1.79. The lowest BCUT2D eigenvalue weighted by Crippen LogP contribution is -2.48. The number of aliphatic hydroxyl groups is 1. The van der Waals surface area contributed by atoms with Crippen molar-refractivity contribution in [3.8, 4) is 0 Å². The molecule has 140 valence electrons. The summed E-state index contributed by atoms with van der Waals surface area (Å²) in [5, 5.41) is 14.8. The Morgan fingerprint density at radius 2 is 1.96 bits per heavy atom. The van der Waals surface area contributed by atoms with Crippen molar-refractivity contribution in [2.45, 2.75) is 39.3 Å². The number of hydrogen-bond acceptors (Lipinski definition) is 4. The van der Waals surface area contributed by atoms with Crippen LogP contribution in [0.5, 0.6) is 0 Å². The minimum atomic E-state index is -0.522. The molecule has 1 fully saturated rings. The van der Waals surface area contributed by atoms with Gasteiger partial charge in [-0.1, -0.05) is 12.1 Å². The molecule has 0 bridgehead atoms. The Balaban J connectivity index is 1.65. The number of nitrogens with one attached hydrogen (secondary N) is 2. The second-order valence-corrected chi connectivity index (χ2v) is 7.06. The highest BCUT2D eigenvalue weighted by Gasteiger charge is 2.18. The monoisotopic (exact) mass is 348 g/mol. The second-order valence-electron chi connectivity index (χ2n) is 7.06. The SMILES string of the molecule is Cc1cccc(N2CCN(CCC(C)NC(=O)NC[C@@H](C)O)CC2)c1. The van der Waals surface area contributed by atoms with E-state index in [1.165, 1.54) is 11.3 Å². The number of carbonyl (C=O) groups is 1.